The quantitative estimate of drug-likeness (QED) is 0.698. The van der Waals surface area contributed by atoms with Gasteiger partial charge in [0.05, 0.1) is 5.30 Å². The van der Waals surface area contributed by atoms with Gasteiger partial charge in [-0.2, -0.15) is 0 Å². The van der Waals surface area contributed by atoms with Crippen LogP contribution in [-0.4, -0.2) is 6.54 Å². The molecule has 0 saturated heterocycles. The Morgan fingerprint density at radius 2 is 2.18 bits per heavy atom. The van der Waals surface area contributed by atoms with Crippen molar-refractivity contribution in [2.45, 2.75) is 6.92 Å². The van der Waals surface area contributed by atoms with Crippen molar-refractivity contribution in [1.82, 2.24) is 0 Å². The fourth-order valence-electron chi connectivity index (χ4n) is 0.893. The van der Waals surface area contributed by atoms with E-state index in [0.29, 0.717) is 0 Å². The van der Waals surface area contributed by atoms with Gasteiger partial charge in [-0.25, -0.2) is 0 Å². The minimum Gasteiger partial charge on any atom is -0.384 e. The molecule has 0 bridgehead atoms. The van der Waals surface area contributed by atoms with Crippen molar-refractivity contribution in [3.05, 3.63) is 24.3 Å². The smallest absolute Gasteiger partial charge is 0.194 e. The maximum Gasteiger partial charge on any atom is 0.194 e. The van der Waals surface area contributed by atoms with Crippen LogP contribution in [0.2, 0.25) is 0 Å². The summed E-state index contributed by atoms with van der Waals surface area (Å²) in [5.41, 5.74) is 0.951. The normalized spacial score (nSPS) is 9.91. The van der Waals surface area contributed by atoms with Gasteiger partial charge in [-0.3, -0.25) is 4.57 Å². The van der Waals surface area contributed by atoms with E-state index in [4.69, 9.17) is 0 Å². The second-order valence-corrected chi connectivity index (χ2v) is 2.80. The Morgan fingerprint density at radius 1 is 1.45 bits per heavy atom. The van der Waals surface area contributed by atoms with Crippen LogP contribution >= 0.6 is 8.46 Å². The monoisotopic (exact) mass is 167 g/mol. The van der Waals surface area contributed by atoms with E-state index in [1.54, 1.807) is 0 Å². The van der Waals surface area contributed by atoms with E-state index in [0.717, 1.165) is 17.5 Å². The first-order valence-electron chi connectivity index (χ1n) is 3.54. The zero-order valence-electron chi connectivity index (χ0n) is 6.37. The van der Waals surface area contributed by atoms with E-state index in [1.807, 2.05) is 31.2 Å². The largest absolute Gasteiger partial charge is 0.384 e. The van der Waals surface area contributed by atoms with Gasteiger partial charge >= 0.3 is 0 Å². The van der Waals surface area contributed by atoms with E-state index in [2.05, 4.69) is 5.32 Å². The summed E-state index contributed by atoms with van der Waals surface area (Å²) in [5, 5.41) is 3.93. The van der Waals surface area contributed by atoms with Crippen molar-refractivity contribution in [3.63, 3.8) is 0 Å². The molecule has 0 heterocycles. The molecule has 1 rings (SSSR count). The lowest BCUT2D eigenvalue weighted by Crippen LogP contribution is -2.05. The summed E-state index contributed by atoms with van der Waals surface area (Å²) in [6.45, 7) is 2.87. The molecule has 1 aromatic rings. The van der Waals surface area contributed by atoms with Crippen LogP contribution in [0.4, 0.5) is 5.69 Å². The minimum atomic E-state index is 0.0745. The third-order valence-electron chi connectivity index (χ3n) is 1.37. The van der Waals surface area contributed by atoms with Gasteiger partial charge < -0.3 is 5.32 Å². The molecule has 0 saturated carbocycles. The lowest BCUT2D eigenvalue weighted by Gasteiger charge is -2.03. The first-order chi connectivity index (χ1) is 5.38. The first-order valence-corrected chi connectivity index (χ1v) is 4.36. The Morgan fingerprint density at radius 3 is 2.82 bits per heavy atom. The summed E-state index contributed by atoms with van der Waals surface area (Å²) in [7, 11) is 0.0745. The SMILES string of the molecule is CCNc1ccccc1P=O. The van der Waals surface area contributed by atoms with Crippen molar-refractivity contribution in [2.24, 2.45) is 0 Å². The van der Waals surface area contributed by atoms with E-state index < -0.39 is 0 Å². The van der Waals surface area contributed by atoms with Crippen molar-refractivity contribution in [3.8, 4) is 0 Å². The second kappa shape index (κ2) is 4.09. The zero-order valence-corrected chi connectivity index (χ0v) is 7.27. The van der Waals surface area contributed by atoms with Gasteiger partial charge in [0.25, 0.3) is 0 Å². The highest BCUT2D eigenvalue weighted by molar-refractivity contribution is 7.34. The van der Waals surface area contributed by atoms with Crippen molar-refractivity contribution >= 4 is 19.5 Å². The fourth-order valence-corrected chi connectivity index (χ4v) is 1.29. The summed E-state index contributed by atoms with van der Waals surface area (Å²) in [5.74, 6) is 0. The number of nitrogens with one attached hydrogen (secondary N) is 1. The molecule has 0 atom stereocenters. The Bertz CT molecular complexity index is 250. The van der Waals surface area contributed by atoms with Gasteiger partial charge in [-0.15, -0.1) is 0 Å². The van der Waals surface area contributed by atoms with Gasteiger partial charge in [0.1, 0.15) is 0 Å². The molecule has 1 aromatic carbocycles. The van der Waals surface area contributed by atoms with Crippen LogP contribution in [0.5, 0.6) is 0 Å². The lowest BCUT2D eigenvalue weighted by molar-refractivity contribution is 0.603. The molecule has 58 valence electrons. The van der Waals surface area contributed by atoms with Crippen LogP contribution in [0.1, 0.15) is 6.92 Å². The average molecular weight is 167 g/mol. The summed E-state index contributed by atoms with van der Waals surface area (Å²) in [4.78, 5) is 0. The van der Waals surface area contributed by atoms with Crippen LogP contribution in [0.25, 0.3) is 0 Å². The molecule has 1 N–H and O–H groups in total. The maximum absolute atomic E-state index is 10.6. The molecule has 0 aliphatic carbocycles. The van der Waals surface area contributed by atoms with Crippen LogP contribution in [0, 0.1) is 0 Å². The summed E-state index contributed by atoms with van der Waals surface area (Å²) < 4.78 is 10.6. The standard InChI is InChI=1S/C8H10NOP/c1-2-9-7-5-3-4-6-8(7)11-10/h3-6,9H,2H2,1H3. The van der Waals surface area contributed by atoms with Gasteiger partial charge in [-0.05, 0) is 19.1 Å². The Labute approximate surface area is 67.8 Å². The average Bonchev–Trinajstić information content (AvgIpc) is 2.06. The summed E-state index contributed by atoms with van der Waals surface area (Å²) in [6.07, 6.45) is 0. The third kappa shape index (κ3) is 2.02. The molecule has 11 heavy (non-hydrogen) atoms. The van der Waals surface area contributed by atoms with E-state index in [9.17, 15) is 4.57 Å². The molecule has 0 unspecified atom stereocenters. The summed E-state index contributed by atoms with van der Waals surface area (Å²) >= 11 is 0. The number of hydrogen-bond acceptors (Lipinski definition) is 2. The van der Waals surface area contributed by atoms with Crippen molar-refractivity contribution in [1.29, 1.82) is 0 Å². The van der Waals surface area contributed by atoms with Crippen LogP contribution < -0.4 is 10.6 Å². The van der Waals surface area contributed by atoms with Crippen molar-refractivity contribution in [2.75, 3.05) is 11.9 Å². The van der Waals surface area contributed by atoms with Gasteiger partial charge in [0, 0.05) is 12.2 Å². The molecule has 0 aliphatic heterocycles. The highest BCUT2D eigenvalue weighted by Crippen LogP contribution is 2.08. The summed E-state index contributed by atoms with van der Waals surface area (Å²) in [6, 6.07) is 7.56. The third-order valence-corrected chi connectivity index (χ3v) is 1.96. The molecule has 0 spiro atoms. The molecule has 0 radical (unpaired) electrons. The lowest BCUT2D eigenvalue weighted by atomic mass is 10.3. The number of hydrogen-bond donors (Lipinski definition) is 1. The van der Waals surface area contributed by atoms with Crippen LogP contribution in [-0.2, 0) is 4.57 Å². The predicted octanol–water partition coefficient (Wildman–Crippen LogP) is 2.04. The van der Waals surface area contributed by atoms with Gasteiger partial charge in [0.2, 0.25) is 0 Å². The number of para-hydroxylation sites is 1. The Balaban J connectivity index is 2.92. The number of rotatable bonds is 3. The number of benzene rings is 1. The Kier molecular flexibility index (Phi) is 3.06. The predicted molar refractivity (Wildman–Crippen MR) is 47.8 cm³/mol. The molecule has 0 fully saturated rings. The van der Waals surface area contributed by atoms with Gasteiger partial charge in [-0.1, -0.05) is 12.1 Å². The molecular weight excluding hydrogens is 157 g/mol. The molecule has 3 heteroatoms. The number of anilines is 1. The molecule has 0 aromatic heterocycles. The molecular formula is C8H10NOP. The van der Waals surface area contributed by atoms with Crippen LogP contribution in [0.3, 0.4) is 0 Å². The molecule has 0 amide bonds. The second-order valence-electron chi connectivity index (χ2n) is 2.14. The highest BCUT2D eigenvalue weighted by Gasteiger charge is 1.97. The Hall–Kier alpha value is -0.880. The van der Waals surface area contributed by atoms with E-state index in [-0.39, 0.29) is 8.46 Å². The topological polar surface area (TPSA) is 29.1 Å². The van der Waals surface area contributed by atoms with Crippen molar-refractivity contribution < 1.29 is 4.57 Å². The zero-order chi connectivity index (χ0) is 8.10. The maximum atomic E-state index is 10.6. The molecule has 2 nitrogen and oxygen atoms in total. The fraction of sp³-hybridized carbons (Fsp3) is 0.250. The van der Waals surface area contributed by atoms with Crippen LogP contribution in [0.15, 0.2) is 24.3 Å². The first kappa shape index (κ1) is 8.22. The van der Waals surface area contributed by atoms with Gasteiger partial charge in [0.15, 0.2) is 8.46 Å². The highest BCUT2D eigenvalue weighted by atomic mass is 31.1. The van der Waals surface area contributed by atoms with E-state index >= 15 is 0 Å². The van der Waals surface area contributed by atoms with E-state index in [1.165, 1.54) is 0 Å². The minimum absolute atomic E-state index is 0.0745. The molecule has 0 aliphatic rings.